The molecule has 0 radical (unpaired) electrons. The Hall–Kier alpha value is -2.97. The van der Waals surface area contributed by atoms with Crippen molar-refractivity contribution in [3.8, 4) is 5.75 Å². The first-order valence-corrected chi connectivity index (χ1v) is 7.96. The lowest BCUT2D eigenvalue weighted by Gasteiger charge is -2.14. The molecular weight excluding hydrogens is 347 g/mol. The molecule has 0 saturated carbocycles. The van der Waals surface area contributed by atoms with E-state index in [4.69, 9.17) is 5.73 Å². The molecule has 3 N–H and O–H groups in total. The second-order valence-electron chi connectivity index (χ2n) is 6.07. The maximum atomic E-state index is 12.5. The summed E-state index contributed by atoms with van der Waals surface area (Å²) in [5.74, 6) is 0.213. The van der Waals surface area contributed by atoms with Crippen LogP contribution in [0.3, 0.4) is 0 Å². The van der Waals surface area contributed by atoms with Crippen LogP contribution in [0.25, 0.3) is 5.65 Å². The number of benzene rings is 1. The number of alkyl halides is 3. The zero-order chi connectivity index (χ0) is 18.9. The van der Waals surface area contributed by atoms with Crippen LogP contribution in [0.15, 0.2) is 36.5 Å². The van der Waals surface area contributed by atoms with Gasteiger partial charge in [-0.15, -0.1) is 18.3 Å². The van der Waals surface area contributed by atoms with Crippen LogP contribution in [0.4, 0.5) is 24.7 Å². The molecule has 0 saturated heterocycles. The molecule has 2 aromatic heterocycles. The minimum atomic E-state index is -4.75. The summed E-state index contributed by atoms with van der Waals surface area (Å²) in [6.45, 7) is 4.12. The van der Waals surface area contributed by atoms with Gasteiger partial charge in [-0.1, -0.05) is 32.0 Å². The van der Waals surface area contributed by atoms with Crippen molar-refractivity contribution in [2.75, 3.05) is 11.1 Å². The number of fused-ring (bicyclic) bond motifs is 1. The van der Waals surface area contributed by atoms with E-state index in [0.29, 0.717) is 16.9 Å². The molecule has 0 aliphatic rings. The van der Waals surface area contributed by atoms with E-state index in [1.807, 2.05) is 13.8 Å². The van der Waals surface area contributed by atoms with Gasteiger partial charge in [0.15, 0.2) is 5.65 Å². The van der Waals surface area contributed by atoms with Crippen molar-refractivity contribution >= 4 is 17.2 Å². The van der Waals surface area contributed by atoms with E-state index in [9.17, 15) is 13.2 Å². The van der Waals surface area contributed by atoms with Crippen LogP contribution in [0, 0.1) is 0 Å². The Kier molecular flexibility index (Phi) is 4.62. The van der Waals surface area contributed by atoms with E-state index >= 15 is 0 Å². The lowest BCUT2D eigenvalue weighted by molar-refractivity contribution is -0.274. The van der Waals surface area contributed by atoms with Crippen LogP contribution >= 0.6 is 0 Å². The fourth-order valence-electron chi connectivity index (χ4n) is 2.59. The number of nitrogens with zero attached hydrogens (tertiary/aromatic N) is 3. The topological polar surface area (TPSA) is 77.5 Å². The smallest absolute Gasteiger partial charge is 0.405 e. The van der Waals surface area contributed by atoms with Gasteiger partial charge < -0.3 is 15.8 Å². The van der Waals surface area contributed by atoms with E-state index in [1.54, 1.807) is 28.9 Å². The summed E-state index contributed by atoms with van der Waals surface area (Å²) in [5.41, 5.74) is 8.23. The highest BCUT2D eigenvalue weighted by Crippen LogP contribution is 2.28. The third-order valence-electron chi connectivity index (χ3n) is 3.77. The molecule has 3 rings (SSSR count). The first-order valence-electron chi connectivity index (χ1n) is 7.96. The molecule has 2 heterocycles. The monoisotopic (exact) mass is 365 g/mol. The van der Waals surface area contributed by atoms with Crippen LogP contribution in [0.5, 0.6) is 5.75 Å². The van der Waals surface area contributed by atoms with Gasteiger partial charge in [-0.3, -0.25) is 0 Å². The van der Waals surface area contributed by atoms with Gasteiger partial charge in [0.05, 0.1) is 17.6 Å². The minimum Gasteiger partial charge on any atom is -0.405 e. The molecule has 0 unspecified atom stereocenters. The summed E-state index contributed by atoms with van der Waals surface area (Å²) in [5, 5.41) is 7.33. The predicted octanol–water partition coefficient (Wildman–Crippen LogP) is 3.95. The number of anilines is 2. The summed E-state index contributed by atoms with van der Waals surface area (Å²) >= 11 is 0. The Balaban J connectivity index is 1.89. The molecular formula is C17H18F3N5O. The highest BCUT2D eigenvalue weighted by Gasteiger charge is 2.31. The van der Waals surface area contributed by atoms with Gasteiger partial charge in [0.25, 0.3) is 0 Å². The fraction of sp³-hybridized carbons (Fsp3) is 0.294. The van der Waals surface area contributed by atoms with E-state index in [-0.39, 0.29) is 24.0 Å². The number of nitrogens with one attached hydrogen (secondary N) is 1. The van der Waals surface area contributed by atoms with Gasteiger partial charge in [0.1, 0.15) is 11.6 Å². The maximum absolute atomic E-state index is 12.5. The molecule has 0 atom stereocenters. The molecule has 0 spiro atoms. The molecule has 0 fully saturated rings. The SMILES string of the molecule is CC(C)c1cnc2c(NCc3ccccc3OC(F)(F)F)cc(N)nn12. The molecule has 1 aromatic carbocycles. The second kappa shape index (κ2) is 6.74. The van der Waals surface area contributed by atoms with Crippen LogP contribution in [0.1, 0.15) is 31.0 Å². The molecule has 0 aliphatic carbocycles. The molecule has 9 heteroatoms. The Labute approximate surface area is 147 Å². The average molecular weight is 365 g/mol. The number of rotatable bonds is 5. The quantitative estimate of drug-likeness (QED) is 0.716. The second-order valence-corrected chi connectivity index (χ2v) is 6.07. The summed E-state index contributed by atoms with van der Waals surface area (Å²) < 4.78 is 43.3. The molecule has 6 nitrogen and oxygen atoms in total. The van der Waals surface area contributed by atoms with Gasteiger partial charge in [-0.25, -0.2) is 9.50 Å². The Morgan fingerprint density at radius 1 is 1.27 bits per heavy atom. The van der Waals surface area contributed by atoms with Gasteiger partial charge in [-0.05, 0) is 12.0 Å². The number of ether oxygens (including phenoxy) is 1. The highest BCUT2D eigenvalue weighted by atomic mass is 19.4. The predicted molar refractivity (Wildman–Crippen MR) is 91.9 cm³/mol. The average Bonchev–Trinajstić information content (AvgIpc) is 2.96. The van der Waals surface area contributed by atoms with E-state index in [1.165, 1.54) is 12.1 Å². The number of nitrogens with two attached hydrogens (primary N) is 1. The highest BCUT2D eigenvalue weighted by molar-refractivity contribution is 5.70. The van der Waals surface area contributed by atoms with E-state index in [2.05, 4.69) is 20.1 Å². The maximum Gasteiger partial charge on any atom is 0.573 e. The van der Waals surface area contributed by atoms with Crippen molar-refractivity contribution in [3.63, 3.8) is 0 Å². The van der Waals surface area contributed by atoms with Gasteiger partial charge >= 0.3 is 6.36 Å². The number of hydrogen-bond acceptors (Lipinski definition) is 5. The Bertz CT molecular complexity index is 920. The van der Waals surface area contributed by atoms with Gasteiger partial charge in [-0.2, -0.15) is 0 Å². The standard InChI is InChI=1S/C17H18F3N5O/c1-10(2)13-9-23-16-12(7-15(21)24-25(13)16)22-8-11-5-3-4-6-14(11)26-17(18,19)20/h3-7,9-10,22H,8H2,1-2H3,(H2,21,24). The molecule has 3 aromatic rings. The van der Waals surface area contributed by atoms with Gasteiger partial charge in [0.2, 0.25) is 0 Å². The number of hydrogen-bond donors (Lipinski definition) is 2. The van der Waals surface area contributed by atoms with Crippen molar-refractivity contribution in [2.24, 2.45) is 0 Å². The minimum absolute atomic E-state index is 0.106. The lowest BCUT2D eigenvalue weighted by atomic mass is 10.1. The van der Waals surface area contributed by atoms with E-state index < -0.39 is 6.36 Å². The van der Waals surface area contributed by atoms with Crippen molar-refractivity contribution in [1.29, 1.82) is 0 Å². The lowest BCUT2D eigenvalue weighted by Crippen LogP contribution is -2.18. The van der Waals surface area contributed by atoms with Crippen molar-refractivity contribution in [1.82, 2.24) is 14.6 Å². The number of aromatic nitrogens is 3. The van der Waals surface area contributed by atoms with Crippen molar-refractivity contribution < 1.29 is 17.9 Å². The van der Waals surface area contributed by atoms with Gasteiger partial charge in [0, 0.05) is 18.2 Å². The molecule has 26 heavy (non-hydrogen) atoms. The molecule has 0 aliphatic heterocycles. The third kappa shape index (κ3) is 3.81. The number of imidazole rings is 1. The first kappa shape index (κ1) is 17.8. The number of para-hydroxylation sites is 1. The van der Waals surface area contributed by atoms with Crippen molar-refractivity contribution in [3.05, 3.63) is 47.8 Å². The van der Waals surface area contributed by atoms with Crippen LogP contribution in [0.2, 0.25) is 0 Å². The summed E-state index contributed by atoms with van der Waals surface area (Å²) in [6, 6.07) is 7.55. The van der Waals surface area contributed by atoms with Crippen molar-refractivity contribution in [2.45, 2.75) is 32.7 Å². The summed E-state index contributed by atoms with van der Waals surface area (Å²) in [4.78, 5) is 4.35. The number of halogens is 3. The molecule has 0 amide bonds. The van der Waals surface area contributed by atoms with Crippen LogP contribution in [-0.2, 0) is 6.54 Å². The fourth-order valence-corrected chi connectivity index (χ4v) is 2.59. The zero-order valence-corrected chi connectivity index (χ0v) is 14.2. The normalized spacial score (nSPS) is 11.9. The van der Waals surface area contributed by atoms with Crippen LogP contribution < -0.4 is 15.8 Å². The zero-order valence-electron chi connectivity index (χ0n) is 14.2. The first-order chi connectivity index (χ1) is 12.2. The number of nitrogen functional groups attached to an aromatic ring is 1. The van der Waals surface area contributed by atoms with E-state index in [0.717, 1.165) is 5.69 Å². The third-order valence-corrected chi connectivity index (χ3v) is 3.77. The summed E-state index contributed by atoms with van der Waals surface area (Å²) in [7, 11) is 0. The largest absolute Gasteiger partial charge is 0.573 e. The Morgan fingerprint density at radius 3 is 2.69 bits per heavy atom. The molecule has 138 valence electrons. The Morgan fingerprint density at radius 2 is 2.00 bits per heavy atom. The van der Waals surface area contributed by atoms with Crippen LogP contribution in [-0.4, -0.2) is 21.0 Å². The summed E-state index contributed by atoms with van der Waals surface area (Å²) in [6.07, 6.45) is -3.04. The molecule has 0 bridgehead atoms.